The summed E-state index contributed by atoms with van der Waals surface area (Å²) in [4.78, 5) is 12.2. The van der Waals surface area contributed by atoms with Crippen molar-refractivity contribution in [1.82, 2.24) is 5.32 Å². The van der Waals surface area contributed by atoms with E-state index in [1.165, 1.54) is 5.56 Å². The molecule has 2 aromatic rings. The third-order valence-electron chi connectivity index (χ3n) is 3.49. The molecular weight excluding hydrogens is 284 g/mol. The second-order valence-electron chi connectivity index (χ2n) is 5.03. The normalized spacial score (nSPS) is 12.0. The minimum Gasteiger partial charge on any atom is -0.398 e. The van der Waals surface area contributed by atoms with Crippen molar-refractivity contribution in [3.63, 3.8) is 0 Å². The molecule has 1 amide bonds. The Bertz CT molecular complexity index is 638. The molecule has 2 rings (SSSR count). The van der Waals surface area contributed by atoms with E-state index >= 15 is 0 Å². The first kappa shape index (κ1) is 15.4. The third-order valence-corrected chi connectivity index (χ3v) is 3.84. The van der Waals surface area contributed by atoms with Crippen molar-refractivity contribution in [3.8, 4) is 0 Å². The van der Waals surface area contributed by atoms with Gasteiger partial charge in [0.05, 0.1) is 16.8 Å². The van der Waals surface area contributed by atoms with Crippen LogP contribution in [-0.2, 0) is 6.42 Å². The van der Waals surface area contributed by atoms with Gasteiger partial charge >= 0.3 is 0 Å². The molecule has 0 spiro atoms. The number of aryl methyl sites for hydroxylation is 1. The number of carbonyl (C=O) groups excluding carboxylic acids is 1. The summed E-state index contributed by atoms with van der Waals surface area (Å²) in [7, 11) is 0. The molecule has 0 saturated heterocycles. The van der Waals surface area contributed by atoms with Gasteiger partial charge in [-0.15, -0.1) is 0 Å². The van der Waals surface area contributed by atoms with E-state index in [4.69, 9.17) is 17.3 Å². The number of benzene rings is 2. The molecule has 110 valence electrons. The van der Waals surface area contributed by atoms with Gasteiger partial charge in [0.25, 0.3) is 5.91 Å². The van der Waals surface area contributed by atoms with Crippen molar-refractivity contribution < 1.29 is 4.79 Å². The van der Waals surface area contributed by atoms with Gasteiger partial charge in [-0.2, -0.15) is 0 Å². The summed E-state index contributed by atoms with van der Waals surface area (Å²) >= 11 is 5.86. The van der Waals surface area contributed by atoms with Crippen LogP contribution in [0.2, 0.25) is 5.02 Å². The Balaban J connectivity index is 2.08. The Hall–Kier alpha value is -2.00. The molecule has 1 unspecified atom stereocenters. The quantitative estimate of drug-likeness (QED) is 0.839. The van der Waals surface area contributed by atoms with Gasteiger partial charge in [0.15, 0.2) is 0 Å². The lowest BCUT2D eigenvalue weighted by Crippen LogP contribution is -2.26. The lowest BCUT2D eigenvalue weighted by atomic mass is 10.0. The molecule has 0 heterocycles. The summed E-state index contributed by atoms with van der Waals surface area (Å²) in [6.07, 6.45) is 1.01. The van der Waals surface area contributed by atoms with E-state index in [0.29, 0.717) is 16.3 Å². The van der Waals surface area contributed by atoms with E-state index in [0.717, 1.165) is 12.0 Å². The van der Waals surface area contributed by atoms with Crippen LogP contribution < -0.4 is 11.1 Å². The molecule has 2 aromatic carbocycles. The third kappa shape index (κ3) is 3.76. The van der Waals surface area contributed by atoms with Gasteiger partial charge in [-0.25, -0.2) is 0 Å². The number of hydrogen-bond donors (Lipinski definition) is 2. The van der Waals surface area contributed by atoms with Gasteiger partial charge in [0.2, 0.25) is 0 Å². The molecule has 0 aliphatic carbocycles. The smallest absolute Gasteiger partial charge is 0.251 e. The first-order valence-corrected chi connectivity index (χ1v) is 7.33. The van der Waals surface area contributed by atoms with Crippen molar-refractivity contribution in [2.24, 2.45) is 0 Å². The predicted molar refractivity (Wildman–Crippen MR) is 87.6 cm³/mol. The summed E-state index contributed by atoms with van der Waals surface area (Å²) in [5.74, 6) is -0.162. The van der Waals surface area contributed by atoms with Crippen molar-refractivity contribution in [2.75, 3.05) is 5.73 Å². The van der Waals surface area contributed by atoms with Crippen LogP contribution in [0.15, 0.2) is 42.5 Å². The Morgan fingerprint density at radius 1 is 1.24 bits per heavy atom. The number of nitrogens with two attached hydrogens (primary N) is 1. The van der Waals surface area contributed by atoms with Crippen LogP contribution in [0.25, 0.3) is 0 Å². The SMILES string of the molecule is CCc1ccc(C(C)NC(=O)c2ccc(Cl)c(N)c2)cc1. The number of rotatable bonds is 4. The van der Waals surface area contributed by atoms with Crippen molar-refractivity contribution in [3.05, 3.63) is 64.2 Å². The summed E-state index contributed by atoms with van der Waals surface area (Å²) in [5, 5.41) is 3.41. The Labute approximate surface area is 130 Å². The Kier molecular flexibility index (Phi) is 4.86. The summed E-state index contributed by atoms with van der Waals surface area (Å²) < 4.78 is 0. The molecule has 0 aliphatic heterocycles. The molecule has 0 saturated carbocycles. The van der Waals surface area contributed by atoms with Crippen molar-refractivity contribution in [1.29, 1.82) is 0 Å². The van der Waals surface area contributed by atoms with E-state index in [2.05, 4.69) is 24.4 Å². The van der Waals surface area contributed by atoms with Crippen LogP contribution in [-0.4, -0.2) is 5.91 Å². The Morgan fingerprint density at radius 2 is 1.90 bits per heavy atom. The molecule has 1 atom stereocenters. The van der Waals surface area contributed by atoms with E-state index in [-0.39, 0.29) is 11.9 Å². The van der Waals surface area contributed by atoms with Gasteiger partial charge in [-0.05, 0) is 42.7 Å². The molecule has 0 bridgehead atoms. The fraction of sp³-hybridized carbons (Fsp3) is 0.235. The molecule has 3 nitrogen and oxygen atoms in total. The zero-order valence-corrected chi connectivity index (χ0v) is 12.9. The molecule has 4 heteroatoms. The minimum absolute atomic E-state index is 0.0692. The van der Waals surface area contributed by atoms with Crippen LogP contribution in [0.3, 0.4) is 0 Å². The highest BCUT2D eigenvalue weighted by atomic mass is 35.5. The molecule has 0 fully saturated rings. The predicted octanol–water partition coefficient (Wildman–Crippen LogP) is 3.98. The maximum atomic E-state index is 12.2. The van der Waals surface area contributed by atoms with Crippen LogP contribution in [0.1, 0.15) is 41.4 Å². The van der Waals surface area contributed by atoms with E-state index < -0.39 is 0 Å². The van der Waals surface area contributed by atoms with Gasteiger partial charge in [0, 0.05) is 5.56 Å². The average Bonchev–Trinajstić information content (AvgIpc) is 2.50. The van der Waals surface area contributed by atoms with E-state index in [1.54, 1.807) is 18.2 Å². The number of anilines is 1. The van der Waals surface area contributed by atoms with Gasteiger partial charge in [0.1, 0.15) is 0 Å². The van der Waals surface area contributed by atoms with Crippen molar-refractivity contribution >= 4 is 23.2 Å². The fourth-order valence-corrected chi connectivity index (χ4v) is 2.21. The van der Waals surface area contributed by atoms with Crippen LogP contribution in [0, 0.1) is 0 Å². The number of amides is 1. The monoisotopic (exact) mass is 302 g/mol. The van der Waals surface area contributed by atoms with Crippen LogP contribution in [0.5, 0.6) is 0 Å². The highest BCUT2D eigenvalue weighted by Crippen LogP contribution is 2.20. The second-order valence-corrected chi connectivity index (χ2v) is 5.43. The van der Waals surface area contributed by atoms with E-state index in [9.17, 15) is 4.79 Å². The maximum Gasteiger partial charge on any atom is 0.251 e. The molecular formula is C17H19ClN2O. The lowest BCUT2D eigenvalue weighted by Gasteiger charge is -2.15. The standard InChI is InChI=1S/C17H19ClN2O/c1-3-12-4-6-13(7-5-12)11(2)20-17(21)14-8-9-15(18)16(19)10-14/h4-11H,3,19H2,1-2H3,(H,20,21). The zero-order valence-electron chi connectivity index (χ0n) is 12.2. The topological polar surface area (TPSA) is 55.1 Å². The molecule has 0 aliphatic rings. The highest BCUT2D eigenvalue weighted by molar-refractivity contribution is 6.33. The average molecular weight is 303 g/mol. The molecule has 0 aromatic heterocycles. The van der Waals surface area contributed by atoms with Crippen LogP contribution in [0.4, 0.5) is 5.69 Å². The van der Waals surface area contributed by atoms with Crippen LogP contribution >= 0.6 is 11.6 Å². The van der Waals surface area contributed by atoms with Gasteiger partial charge in [-0.1, -0.05) is 42.8 Å². The minimum atomic E-state index is -0.162. The highest BCUT2D eigenvalue weighted by Gasteiger charge is 2.12. The van der Waals surface area contributed by atoms with E-state index in [1.807, 2.05) is 19.1 Å². The maximum absolute atomic E-state index is 12.2. The first-order valence-electron chi connectivity index (χ1n) is 6.96. The number of hydrogen-bond acceptors (Lipinski definition) is 2. The summed E-state index contributed by atoms with van der Waals surface area (Å²) in [5.41, 5.74) is 8.99. The summed E-state index contributed by atoms with van der Waals surface area (Å²) in [6.45, 7) is 4.07. The number of carbonyl (C=O) groups is 1. The molecule has 3 N–H and O–H groups in total. The van der Waals surface area contributed by atoms with Gasteiger partial charge in [-0.3, -0.25) is 4.79 Å². The lowest BCUT2D eigenvalue weighted by molar-refractivity contribution is 0.0940. The number of nitrogen functional groups attached to an aromatic ring is 1. The fourth-order valence-electron chi connectivity index (χ4n) is 2.09. The number of halogens is 1. The van der Waals surface area contributed by atoms with Gasteiger partial charge < -0.3 is 11.1 Å². The zero-order chi connectivity index (χ0) is 15.4. The largest absolute Gasteiger partial charge is 0.398 e. The summed E-state index contributed by atoms with van der Waals surface area (Å²) in [6, 6.07) is 13.1. The molecule has 0 radical (unpaired) electrons. The molecule has 21 heavy (non-hydrogen) atoms. The van der Waals surface area contributed by atoms with Crippen molar-refractivity contribution in [2.45, 2.75) is 26.3 Å². The Morgan fingerprint density at radius 3 is 2.48 bits per heavy atom. The second kappa shape index (κ2) is 6.64. The number of nitrogens with one attached hydrogen (secondary N) is 1. The first-order chi connectivity index (χ1) is 10.0.